The molecular weight excluding hydrogens is 428 g/mol. The first kappa shape index (κ1) is 28.9. The quantitative estimate of drug-likeness (QED) is 0.195. The van der Waals surface area contributed by atoms with Crippen LogP contribution in [0.2, 0.25) is 0 Å². The van der Waals surface area contributed by atoms with Crippen molar-refractivity contribution in [2.45, 2.75) is 116 Å². The molecule has 0 saturated carbocycles. The topological polar surface area (TPSA) is 119 Å². The number of hydrogen-bond donors (Lipinski definition) is 2. The molecule has 8 nitrogen and oxygen atoms in total. The van der Waals surface area contributed by atoms with E-state index < -0.39 is 36.5 Å². The first-order valence-electron chi connectivity index (χ1n) is 12.5. The van der Waals surface area contributed by atoms with Crippen molar-refractivity contribution in [1.29, 1.82) is 0 Å². The van der Waals surface area contributed by atoms with E-state index >= 15 is 0 Å². The molecule has 0 aromatic carbocycles. The summed E-state index contributed by atoms with van der Waals surface area (Å²) in [6.07, 6.45) is 13.3. The predicted octanol–water partition coefficient (Wildman–Crippen LogP) is 4.67. The van der Waals surface area contributed by atoms with E-state index in [-0.39, 0.29) is 24.6 Å². The van der Waals surface area contributed by atoms with Gasteiger partial charge in [0.25, 0.3) is 0 Å². The number of carbonyl (C=O) groups excluding carboxylic acids is 3. The number of Topliss-reactive ketones (excluding diaryl/α,β-unsaturated/α-hetero) is 1. The molecule has 0 amide bonds. The van der Waals surface area contributed by atoms with E-state index in [1.807, 2.05) is 0 Å². The third-order valence-electron chi connectivity index (χ3n) is 5.60. The Balaban J connectivity index is 2.08. The molecule has 0 bridgehead atoms. The van der Waals surface area contributed by atoms with E-state index in [1.54, 1.807) is 0 Å². The molecule has 0 spiro atoms. The standard InChI is InChI=1S/C25H42O8/c1-3-4-5-6-7-8-9-10-11-12-13-14-15-16-21(28)31-18-20(27)23-24(32-17-19(2)26)22(29)25(30)33-23/h20,23,27,29H,3-18H2,1-2H3/t20-,23+/m0/s1. The van der Waals surface area contributed by atoms with Crippen molar-refractivity contribution in [3.05, 3.63) is 11.5 Å². The Kier molecular flexibility index (Phi) is 15.3. The van der Waals surface area contributed by atoms with Crippen molar-refractivity contribution in [2.24, 2.45) is 0 Å². The fourth-order valence-corrected chi connectivity index (χ4v) is 3.67. The third kappa shape index (κ3) is 12.7. The van der Waals surface area contributed by atoms with Crippen molar-refractivity contribution in [2.75, 3.05) is 13.2 Å². The predicted molar refractivity (Wildman–Crippen MR) is 123 cm³/mol. The second kappa shape index (κ2) is 17.4. The normalized spacial score (nSPS) is 16.6. The lowest BCUT2D eigenvalue weighted by atomic mass is 10.0. The second-order valence-electron chi connectivity index (χ2n) is 8.77. The van der Waals surface area contributed by atoms with E-state index in [1.165, 1.54) is 71.1 Å². The van der Waals surface area contributed by atoms with Crippen LogP contribution >= 0.6 is 0 Å². The lowest BCUT2D eigenvalue weighted by Crippen LogP contribution is -2.34. The van der Waals surface area contributed by atoms with Gasteiger partial charge >= 0.3 is 11.9 Å². The number of aliphatic hydroxyl groups is 2. The van der Waals surface area contributed by atoms with Crippen molar-refractivity contribution in [3.63, 3.8) is 0 Å². The summed E-state index contributed by atoms with van der Waals surface area (Å²) in [4.78, 5) is 34.5. The maximum absolute atomic E-state index is 11.9. The van der Waals surface area contributed by atoms with Crippen molar-refractivity contribution in [1.82, 2.24) is 0 Å². The molecule has 0 aromatic rings. The highest BCUT2D eigenvalue weighted by atomic mass is 16.6. The van der Waals surface area contributed by atoms with Crippen LogP contribution in [-0.2, 0) is 28.6 Å². The minimum atomic E-state index is -1.41. The van der Waals surface area contributed by atoms with Gasteiger partial charge in [-0.25, -0.2) is 4.79 Å². The molecule has 8 heteroatoms. The lowest BCUT2D eigenvalue weighted by molar-refractivity contribution is -0.154. The van der Waals surface area contributed by atoms with E-state index in [4.69, 9.17) is 14.2 Å². The van der Waals surface area contributed by atoms with Gasteiger partial charge in [-0.05, 0) is 13.3 Å². The smallest absolute Gasteiger partial charge is 0.378 e. The van der Waals surface area contributed by atoms with E-state index in [0.29, 0.717) is 0 Å². The number of hydrogen-bond acceptors (Lipinski definition) is 8. The molecule has 1 rings (SSSR count). The van der Waals surface area contributed by atoms with Gasteiger partial charge in [-0.15, -0.1) is 0 Å². The number of carbonyl (C=O) groups is 3. The summed E-state index contributed by atoms with van der Waals surface area (Å²) in [5, 5.41) is 19.9. The Bertz CT molecular complexity index is 628. The first-order chi connectivity index (χ1) is 15.9. The summed E-state index contributed by atoms with van der Waals surface area (Å²) < 4.78 is 15.0. The van der Waals surface area contributed by atoms with Crippen molar-refractivity contribution >= 4 is 17.7 Å². The Morgan fingerprint density at radius 3 is 1.97 bits per heavy atom. The molecule has 0 fully saturated rings. The van der Waals surface area contributed by atoms with E-state index in [0.717, 1.165) is 19.3 Å². The van der Waals surface area contributed by atoms with Crippen LogP contribution < -0.4 is 0 Å². The average Bonchev–Trinajstić information content (AvgIpc) is 3.07. The molecule has 0 saturated heterocycles. The number of aliphatic hydroxyl groups excluding tert-OH is 2. The Hall–Kier alpha value is -2.09. The summed E-state index contributed by atoms with van der Waals surface area (Å²) >= 11 is 0. The molecule has 2 N–H and O–H groups in total. The van der Waals surface area contributed by atoms with Gasteiger partial charge in [0.15, 0.2) is 17.6 Å². The van der Waals surface area contributed by atoms with E-state index in [2.05, 4.69) is 6.92 Å². The number of esters is 2. The summed E-state index contributed by atoms with van der Waals surface area (Å²) in [6.45, 7) is 2.73. The Morgan fingerprint density at radius 1 is 0.939 bits per heavy atom. The van der Waals surface area contributed by atoms with Crippen LogP contribution in [0.5, 0.6) is 0 Å². The molecule has 0 aromatic heterocycles. The minimum absolute atomic E-state index is 0.254. The SMILES string of the molecule is CCCCCCCCCCCCCCCC(=O)OC[C@H](O)[C@H]1OC(=O)C(O)=C1OCC(C)=O. The van der Waals surface area contributed by atoms with Gasteiger partial charge < -0.3 is 24.4 Å². The molecule has 1 aliphatic rings. The molecule has 0 radical (unpaired) electrons. The molecule has 33 heavy (non-hydrogen) atoms. The van der Waals surface area contributed by atoms with Gasteiger partial charge in [0.1, 0.15) is 19.3 Å². The summed E-state index contributed by atoms with van der Waals surface area (Å²) in [7, 11) is 0. The van der Waals surface area contributed by atoms with E-state index in [9.17, 15) is 24.6 Å². The molecule has 1 heterocycles. The largest absolute Gasteiger partial charge is 0.499 e. The molecule has 190 valence electrons. The van der Waals surface area contributed by atoms with Gasteiger partial charge in [0, 0.05) is 6.42 Å². The number of ether oxygens (including phenoxy) is 3. The zero-order chi connectivity index (χ0) is 24.5. The van der Waals surface area contributed by atoms with Gasteiger partial charge in [0.05, 0.1) is 0 Å². The number of rotatable bonds is 20. The molecule has 0 unspecified atom stereocenters. The summed E-state index contributed by atoms with van der Waals surface area (Å²) in [6, 6.07) is 0. The van der Waals surface area contributed by atoms with Gasteiger partial charge in [-0.3, -0.25) is 9.59 Å². The maximum atomic E-state index is 11.9. The van der Waals surface area contributed by atoms with Crippen LogP contribution in [0, 0.1) is 0 Å². The molecule has 1 aliphatic heterocycles. The fourth-order valence-electron chi connectivity index (χ4n) is 3.67. The van der Waals surface area contributed by atoms with Crippen LogP contribution in [0.1, 0.15) is 104 Å². The highest BCUT2D eigenvalue weighted by Crippen LogP contribution is 2.25. The van der Waals surface area contributed by atoms with Crippen LogP contribution in [0.3, 0.4) is 0 Å². The van der Waals surface area contributed by atoms with Gasteiger partial charge in [-0.2, -0.15) is 0 Å². The summed E-state index contributed by atoms with van der Waals surface area (Å²) in [5.74, 6) is -2.95. The average molecular weight is 471 g/mol. The monoisotopic (exact) mass is 470 g/mol. The summed E-state index contributed by atoms with van der Waals surface area (Å²) in [5.41, 5.74) is 0. The van der Waals surface area contributed by atoms with Crippen molar-refractivity contribution in [3.8, 4) is 0 Å². The van der Waals surface area contributed by atoms with Crippen LogP contribution in [-0.4, -0.2) is 53.4 Å². The van der Waals surface area contributed by atoms with Gasteiger partial charge in [0.2, 0.25) is 5.76 Å². The minimum Gasteiger partial charge on any atom is -0.499 e. The number of unbranched alkanes of at least 4 members (excludes halogenated alkanes) is 12. The molecular formula is C25H42O8. The molecule has 0 aliphatic carbocycles. The fraction of sp³-hybridized carbons (Fsp3) is 0.800. The van der Waals surface area contributed by atoms with Crippen LogP contribution in [0.15, 0.2) is 11.5 Å². The van der Waals surface area contributed by atoms with Crippen LogP contribution in [0.25, 0.3) is 0 Å². The Labute approximate surface area is 197 Å². The van der Waals surface area contributed by atoms with Crippen LogP contribution in [0.4, 0.5) is 0 Å². The maximum Gasteiger partial charge on any atom is 0.378 e. The zero-order valence-electron chi connectivity index (χ0n) is 20.3. The second-order valence-corrected chi connectivity index (χ2v) is 8.77. The van der Waals surface area contributed by atoms with Gasteiger partial charge in [-0.1, -0.05) is 84.0 Å². The Morgan fingerprint density at radius 2 is 1.45 bits per heavy atom. The highest BCUT2D eigenvalue weighted by molar-refractivity contribution is 5.89. The highest BCUT2D eigenvalue weighted by Gasteiger charge is 2.41. The number of cyclic esters (lactones) is 1. The zero-order valence-corrected chi connectivity index (χ0v) is 20.3. The lowest BCUT2D eigenvalue weighted by Gasteiger charge is -2.19. The van der Waals surface area contributed by atoms with Crippen molar-refractivity contribution < 1.29 is 38.8 Å². The number of ketones is 1. The third-order valence-corrected chi connectivity index (χ3v) is 5.60. The molecule has 2 atom stereocenters. The first-order valence-corrected chi connectivity index (χ1v) is 12.5.